The van der Waals surface area contributed by atoms with Gasteiger partial charge in [-0.15, -0.1) is 11.3 Å². The van der Waals surface area contributed by atoms with Crippen molar-refractivity contribution >= 4 is 49.0 Å². The first-order chi connectivity index (χ1) is 8.65. The van der Waals surface area contributed by atoms with E-state index in [0.29, 0.717) is 0 Å². The quantitative estimate of drug-likeness (QED) is 0.674. The van der Waals surface area contributed by atoms with Gasteiger partial charge < -0.3 is 0 Å². The summed E-state index contributed by atoms with van der Waals surface area (Å²) in [5.74, 6) is 0.377. The maximum absolute atomic E-state index is 12.4. The fraction of sp³-hybridized carbons (Fsp3) is 0.214. The van der Waals surface area contributed by atoms with E-state index in [-0.39, 0.29) is 11.7 Å². The topological polar surface area (TPSA) is 17.1 Å². The van der Waals surface area contributed by atoms with Crippen molar-refractivity contribution in [2.75, 3.05) is 0 Å². The highest BCUT2D eigenvalue weighted by Crippen LogP contribution is 2.36. The molecule has 4 heteroatoms. The molecule has 1 aromatic heterocycles. The highest BCUT2D eigenvalue weighted by atomic mass is 79.9. The lowest BCUT2D eigenvalue weighted by molar-refractivity contribution is 0.0929. The fourth-order valence-corrected chi connectivity index (χ4v) is 4.47. The molecule has 92 valence electrons. The zero-order valence-corrected chi connectivity index (χ0v) is 13.4. The number of hydrogen-bond acceptors (Lipinski definition) is 2. The lowest BCUT2D eigenvalue weighted by Crippen LogP contribution is -2.13. The van der Waals surface area contributed by atoms with E-state index in [1.54, 1.807) is 0 Å². The average Bonchev–Trinajstić information content (AvgIpc) is 2.93. The van der Waals surface area contributed by atoms with Crippen LogP contribution in [-0.2, 0) is 12.8 Å². The minimum Gasteiger partial charge on any atom is -0.293 e. The molecule has 0 atom stereocenters. The molecule has 3 rings (SSSR count). The second kappa shape index (κ2) is 4.91. The predicted molar refractivity (Wildman–Crippen MR) is 81.4 cm³/mol. The van der Waals surface area contributed by atoms with Crippen LogP contribution in [0.4, 0.5) is 0 Å². The molecule has 1 heterocycles. The van der Waals surface area contributed by atoms with Crippen molar-refractivity contribution in [3.05, 3.63) is 54.6 Å². The van der Waals surface area contributed by atoms with Crippen molar-refractivity contribution in [2.24, 2.45) is 5.92 Å². The molecule has 0 spiro atoms. The van der Waals surface area contributed by atoms with Gasteiger partial charge in [-0.2, -0.15) is 0 Å². The molecule has 0 radical (unpaired) electrons. The van der Waals surface area contributed by atoms with Gasteiger partial charge in [-0.1, -0.05) is 24.3 Å². The van der Waals surface area contributed by atoms with Crippen molar-refractivity contribution in [2.45, 2.75) is 12.8 Å². The largest absolute Gasteiger partial charge is 0.293 e. The van der Waals surface area contributed by atoms with Crippen LogP contribution in [0.3, 0.4) is 0 Å². The third-order valence-corrected chi connectivity index (χ3v) is 6.58. The fourth-order valence-electron chi connectivity index (χ4n) is 2.41. The molecule has 0 unspecified atom stereocenters. The Morgan fingerprint density at radius 3 is 2.28 bits per heavy atom. The van der Waals surface area contributed by atoms with Gasteiger partial charge in [0.25, 0.3) is 0 Å². The van der Waals surface area contributed by atoms with Gasteiger partial charge in [-0.05, 0) is 61.9 Å². The van der Waals surface area contributed by atoms with Gasteiger partial charge in [-0.3, -0.25) is 4.79 Å². The molecule has 0 fully saturated rings. The van der Waals surface area contributed by atoms with E-state index < -0.39 is 0 Å². The Balaban J connectivity index is 1.84. The molecule has 0 saturated carbocycles. The third-order valence-electron chi connectivity index (χ3n) is 3.31. The van der Waals surface area contributed by atoms with Crippen molar-refractivity contribution in [3.63, 3.8) is 0 Å². The summed E-state index contributed by atoms with van der Waals surface area (Å²) in [6.45, 7) is 0. The molecule has 0 bridgehead atoms. The van der Waals surface area contributed by atoms with Crippen molar-refractivity contribution in [1.29, 1.82) is 0 Å². The van der Waals surface area contributed by atoms with Crippen LogP contribution in [0.15, 0.2) is 38.6 Å². The Morgan fingerprint density at radius 1 is 1.17 bits per heavy atom. The highest BCUT2D eigenvalue weighted by Gasteiger charge is 2.29. The molecule has 0 saturated heterocycles. The van der Waals surface area contributed by atoms with E-state index >= 15 is 0 Å². The molecule has 0 N–H and O–H groups in total. The molecule has 1 aliphatic carbocycles. The van der Waals surface area contributed by atoms with Crippen LogP contribution in [-0.4, -0.2) is 5.78 Å². The summed E-state index contributed by atoms with van der Waals surface area (Å²) in [7, 11) is 0. The van der Waals surface area contributed by atoms with Gasteiger partial charge in [0.1, 0.15) is 0 Å². The van der Waals surface area contributed by atoms with E-state index in [1.165, 1.54) is 22.5 Å². The summed E-state index contributed by atoms with van der Waals surface area (Å²) in [6, 6.07) is 10.3. The predicted octanol–water partition coefficient (Wildman–Crippen LogP) is 4.87. The highest BCUT2D eigenvalue weighted by molar-refractivity contribution is 9.13. The number of Topliss-reactive ketones (excluding diaryl/α,β-unsaturated/α-hetero) is 1. The number of thiophene rings is 1. The summed E-state index contributed by atoms with van der Waals surface area (Å²) in [5, 5.41) is 0. The van der Waals surface area contributed by atoms with Gasteiger partial charge in [0.05, 0.1) is 8.66 Å². The molecule has 1 nitrogen and oxygen atoms in total. The molecule has 1 aliphatic rings. The number of ketones is 1. The summed E-state index contributed by atoms with van der Waals surface area (Å²) in [6.07, 6.45) is 1.75. The maximum Gasteiger partial charge on any atom is 0.176 e. The first kappa shape index (κ1) is 12.6. The normalized spacial score (nSPS) is 14.8. The van der Waals surface area contributed by atoms with Crippen LogP contribution >= 0.6 is 43.2 Å². The molecule has 0 amide bonds. The Hall–Kier alpha value is -0.450. The first-order valence-electron chi connectivity index (χ1n) is 5.71. The SMILES string of the molecule is O=C(c1cc(Br)c(Br)s1)C1Cc2ccccc2C1. The second-order valence-corrected chi connectivity index (χ2v) is 7.69. The van der Waals surface area contributed by atoms with Crippen LogP contribution in [0.25, 0.3) is 0 Å². The van der Waals surface area contributed by atoms with E-state index in [4.69, 9.17) is 0 Å². The summed E-state index contributed by atoms with van der Waals surface area (Å²) in [4.78, 5) is 13.3. The second-order valence-electron chi connectivity index (χ2n) is 4.47. The van der Waals surface area contributed by atoms with Gasteiger partial charge in [-0.25, -0.2) is 0 Å². The van der Waals surface area contributed by atoms with Crippen LogP contribution in [0.1, 0.15) is 20.8 Å². The van der Waals surface area contributed by atoms with Gasteiger partial charge in [0.2, 0.25) is 0 Å². The first-order valence-corrected chi connectivity index (χ1v) is 8.11. The zero-order valence-electron chi connectivity index (χ0n) is 9.45. The van der Waals surface area contributed by atoms with Crippen molar-refractivity contribution in [1.82, 2.24) is 0 Å². The Labute approximate surface area is 126 Å². The monoisotopic (exact) mass is 384 g/mol. The summed E-state index contributed by atoms with van der Waals surface area (Å²) in [5.41, 5.74) is 2.65. The third kappa shape index (κ3) is 2.22. The molecule has 0 aliphatic heterocycles. The standard InChI is InChI=1S/C14H10Br2OS/c15-11-7-12(18-14(11)16)13(17)10-5-8-3-1-2-4-9(8)6-10/h1-4,7,10H,5-6H2. The molecule has 1 aromatic carbocycles. The molecule has 2 aromatic rings. The summed E-state index contributed by atoms with van der Waals surface area (Å²) < 4.78 is 1.95. The van der Waals surface area contributed by atoms with Crippen LogP contribution in [0.2, 0.25) is 0 Å². The Kier molecular flexibility index (Phi) is 3.43. The van der Waals surface area contributed by atoms with E-state index in [9.17, 15) is 4.79 Å². The average molecular weight is 386 g/mol. The van der Waals surface area contributed by atoms with Crippen LogP contribution in [0, 0.1) is 5.92 Å². The van der Waals surface area contributed by atoms with E-state index in [0.717, 1.165) is 26.0 Å². The smallest absolute Gasteiger partial charge is 0.176 e. The minimum absolute atomic E-state index is 0.111. The van der Waals surface area contributed by atoms with Crippen LogP contribution in [0.5, 0.6) is 0 Å². The summed E-state index contributed by atoms with van der Waals surface area (Å²) >= 11 is 8.38. The van der Waals surface area contributed by atoms with Gasteiger partial charge in [0.15, 0.2) is 5.78 Å². The van der Waals surface area contributed by atoms with Crippen molar-refractivity contribution < 1.29 is 4.79 Å². The number of fused-ring (bicyclic) bond motifs is 1. The lowest BCUT2D eigenvalue weighted by Gasteiger charge is -2.05. The number of carbonyl (C=O) groups is 1. The lowest BCUT2D eigenvalue weighted by atomic mass is 10.00. The molecular weight excluding hydrogens is 376 g/mol. The minimum atomic E-state index is 0.111. The van der Waals surface area contributed by atoms with E-state index in [2.05, 4.69) is 44.0 Å². The Bertz CT molecular complexity index is 574. The van der Waals surface area contributed by atoms with Crippen LogP contribution < -0.4 is 0 Å². The number of carbonyl (C=O) groups excluding carboxylic acids is 1. The number of benzene rings is 1. The van der Waals surface area contributed by atoms with Gasteiger partial charge in [0, 0.05) is 10.4 Å². The van der Waals surface area contributed by atoms with Gasteiger partial charge >= 0.3 is 0 Å². The van der Waals surface area contributed by atoms with Crippen molar-refractivity contribution in [3.8, 4) is 0 Å². The number of rotatable bonds is 2. The zero-order chi connectivity index (χ0) is 12.7. The number of halogens is 2. The maximum atomic E-state index is 12.4. The molecule has 18 heavy (non-hydrogen) atoms. The molecular formula is C14H10Br2OS. The van der Waals surface area contributed by atoms with E-state index in [1.807, 2.05) is 18.2 Å². The number of hydrogen-bond donors (Lipinski definition) is 0. The Morgan fingerprint density at radius 2 is 1.78 bits per heavy atom.